The van der Waals surface area contributed by atoms with Gasteiger partial charge in [0.25, 0.3) is 5.91 Å². The molecular formula is C22H28N4O4S. The molecule has 8 nitrogen and oxygen atoms in total. The maximum Gasteiger partial charge on any atom is 0.341 e. The Morgan fingerprint density at radius 2 is 1.77 bits per heavy atom. The van der Waals surface area contributed by atoms with E-state index >= 15 is 0 Å². The first kappa shape index (κ1) is 22.8. The largest absolute Gasteiger partial charge is 0.465 e. The summed E-state index contributed by atoms with van der Waals surface area (Å²) in [5.74, 6) is -1.50. The van der Waals surface area contributed by atoms with Crippen LogP contribution in [0.15, 0.2) is 18.2 Å². The summed E-state index contributed by atoms with van der Waals surface area (Å²) in [5.41, 5.74) is 9.77. The molecule has 3 rings (SSSR count). The third-order valence-electron chi connectivity index (χ3n) is 5.67. The Kier molecular flexibility index (Phi) is 6.97. The van der Waals surface area contributed by atoms with E-state index in [1.54, 1.807) is 6.92 Å². The van der Waals surface area contributed by atoms with Gasteiger partial charge in [-0.1, -0.05) is 12.1 Å². The number of amides is 2. The van der Waals surface area contributed by atoms with Crippen LogP contribution in [0, 0.1) is 20.8 Å². The van der Waals surface area contributed by atoms with Gasteiger partial charge in [-0.15, -0.1) is 11.3 Å². The number of primary amides is 1. The molecule has 2 amide bonds. The molecule has 1 fully saturated rings. The van der Waals surface area contributed by atoms with Gasteiger partial charge >= 0.3 is 5.97 Å². The van der Waals surface area contributed by atoms with Crippen LogP contribution in [0.2, 0.25) is 0 Å². The second kappa shape index (κ2) is 9.49. The first-order chi connectivity index (χ1) is 14.7. The monoisotopic (exact) mass is 444 g/mol. The van der Waals surface area contributed by atoms with E-state index in [4.69, 9.17) is 10.5 Å². The predicted octanol–water partition coefficient (Wildman–Crippen LogP) is 2.32. The molecule has 166 valence electrons. The number of esters is 1. The van der Waals surface area contributed by atoms with Gasteiger partial charge in [-0.25, -0.2) is 4.79 Å². The van der Waals surface area contributed by atoms with Crippen molar-refractivity contribution in [2.24, 2.45) is 5.73 Å². The van der Waals surface area contributed by atoms with Gasteiger partial charge in [0.05, 0.1) is 24.1 Å². The SMILES string of the molecule is COC(=O)c1c(NC(=O)CN2CCN(c3cccc(C)c3C)CC2)sc(C(N)=O)c1C. The summed E-state index contributed by atoms with van der Waals surface area (Å²) < 4.78 is 4.80. The average molecular weight is 445 g/mol. The third-order valence-corrected chi connectivity index (χ3v) is 6.89. The minimum atomic E-state index is -0.643. The van der Waals surface area contributed by atoms with E-state index < -0.39 is 11.9 Å². The van der Waals surface area contributed by atoms with Crippen molar-refractivity contribution in [2.45, 2.75) is 20.8 Å². The Labute approximate surface area is 186 Å². The van der Waals surface area contributed by atoms with Crippen molar-refractivity contribution in [3.8, 4) is 0 Å². The van der Waals surface area contributed by atoms with Gasteiger partial charge in [0.15, 0.2) is 0 Å². The van der Waals surface area contributed by atoms with Crippen LogP contribution < -0.4 is 16.0 Å². The number of benzene rings is 1. The lowest BCUT2D eigenvalue weighted by atomic mass is 10.1. The molecule has 31 heavy (non-hydrogen) atoms. The van der Waals surface area contributed by atoms with Gasteiger partial charge in [-0.3, -0.25) is 14.5 Å². The number of hydrogen-bond acceptors (Lipinski definition) is 7. The van der Waals surface area contributed by atoms with E-state index in [9.17, 15) is 14.4 Å². The number of nitrogens with one attached hydrogen (secondary N) is 1. The molecule has 0 spiro atoms. The summed E-state index contributed by atoms with van der Waals surface area (Å²) in [6, 6.07) is 6.31. The summed E-state index contributed by atoms with van der Waals surface area (Å²) in [6.45, 7) is 9.21. The molecule has 0 unspecified atom stereocenters. The molecule has 0 bridgehead atoms. The number of aryl methyl sites for hydroxylation is 1. The Hall–Kier alpha value is -2.91. The summed E-state index contributed by atoms with van der Waals surface area (Å²) in [4.78, 5) is 41.1. The molecule has 1 aromatic carbocycles. The van der Waals surface area contributed by atoms with E-state index in [1.165, 1.54) is 23.9 Å². The zero-order valence-corrected chi connectivity index (χ0v) is 19.1. The van der Waals surface area contributed by atoms with Crippen LogP contribution in [-0.2, 0) is 9.53 Å². The third kappa shape index (κ3) is 4.88. The molecule has 2 aromatic rings. The van der Waals surface area contributed by atoms with Gasteiger partial charge < -0.3 is 20.7 Å². The van der Waals surface area contributed by atoms with Gasteiger partial charge in [-0.05, 0) is 43.5 Å². The Balaban J connectivity index is 1.63. The first-order valence-electron chi connectivity index (χ1n) is 10.1. The number of rotatable bonds is 6. The van der Waals surface area contributed by atoms with E-state index in [0.29, 0.717) is 5.56 Å². The highest BCUT2D eigenvalue weighted by atomic mass is 32.1. The van der Waals surface area contributed by atoms with Crippen molar-refractivity contribution in [2.75, 3.05) is 50.1 Å². The molecular weight excluding hydrogens is 416 g/mol. The quantitative estimate of drug-likeness (QED) is 0.663. The highest BCUT2D eigenvalue weighted by Crippen LogP contribution is 2.33. The number of carbonyl (C=O) groups excluding carboxylic acids is 3. The van der Waals surface area contributed by atoms with Crippen molar-refractivity contribution in [3.63, 3.8) is 0 Å². The zero-order chi connectivity index (χ0) is 22.7. The second-order valence-corrected chi connectivity index (χ2v) is 8.67. The van der Waals surface area contributed by atoms with Crippen LogP contribution in [0.3, 0.4) is 0 Å². The minimum absolute atomic E-state index is 0.175. The van der Waals surface area contributed by atoms with Crippen molar-refractivity contribution in [3.05, 3.63) is 45.3 Å². The number of thiophene rings is 1. The number of piperazine rings is 1. The second-order valence-electron chi connectivity index (χ2n) is 7.65. The Morgan fingerprint density at radius 1 is 1.10 bits per heavy atom. The molecule has 1 aliphatic heterocycles. The van der Waals surface area contributed by atoms with Crippen molar-refractivity contribution in [1.82, 2.24) is 4.90 Å². The smallest absolute Gasteiger partial charge is 0.341 e. The number of nitrogens with two attached hydrogens (primary N) is 1. The lowest BCUT2D eigenvalue weighted by Gasteiger charge is -2.36. The fourth-order valence-electron chi connectivity index (χ4n) is 3.78. The number of hydrogen-bond donors (Lipinski definition) is 2. The number of nitrogens with zero attached hydrogens (tertiary/aromatic N) is 2. The molecule has 9 heteroatoms. The molecule has 2 heterocycles. The van der Waals surface area contributed by atoms with Gasteiger partial charge in [-0.2, -0.15) is 0 Å². The maximum atomic E-state index is 12.7. The lowest BCUT2D eigenvalue weighted by Crippen LogP contribution is -2.48. The summed E-state index contributed by atoms with van der Waals surface area (Å²) >= 11 is 0.995. The minimum Gasteiger partial charge on any atom is -0.465 e. The number of ether oxygens (including phenoxy) is 1. The average Bonchev–Trinajstić information content (AvgIpc) is 3.06. The van der Waals surface area contributed by atoms with Crippen molar-refractivity contribution in [1.29, 1.82) is 0 Å². The summed E-state index contributed by atoms with van der Waals surface area (Å²) in [7, 11) is 1.25. The molecule has 0 aliphatic carbocycles. The number of carbonyl (C=O) groups is 3. The van der Waals surface area contributed by atoms with E-state index in [1.807, 2.05) is 0 Å². The van der Waals surface area contributed by atoms with Gasteiger partial charge in [0.2, 0.25) is 5.91 Å². The highest BCUT2D eigenvalue weighted by Gasteiger charge is 2.26. The predicted molar refractivity (Wildman–Crippen MR) is 122 cm³/mol. The van der Waals surface area contributed by atoms with Gasteiger partial charge in [0.1, 0.15) is 5.00 Å². The molecule has 1 saturated heterocycles. The fraction of sp³-hybridized carbons (Fsp3) is 0.409. The van der Waals surface area contributed by atoms with Crippen LogP contribution in [0.5, 0.6) is 0 Å². The van der Waals surface area contributed by atoms with E-state index in [-0.39, 0.29) is 27.9 Å². The van der Waals surface area contributed by atoms with Crippen LogP contribution in [0.25, 0.3) is 0 Å². The Morgan fingerprint density at radius 3 is 2.39 bits per heavy atom. The normalized spacial score (nSPS) is 14.4. The van der Waals surface area contributed by atoms with Crippen molar-refractivity contribution >= 4 is 39.8 Å². The zero-order valence-electron chi connectivity index (χ0n) is 18.3. The van der Waals surface area contributed by atoms with Gasteiger partial charge in [0, 0.05) is 31.9 Å². The lowest BCUT2D eigenvalue weighted by molar-refractivity contribution is -0.117. The molecule has 0 saturated carbocycles. The first-order valence-corrected chi connectivity index (χ1v) is 10.9. The summed E-state index contributed by atoms with van der Waals surface area (Å²) in [6.07, 6.45) is 0. The highest BCUT2D eigenvalue weighted by molar-refractivity contribution is 7.18. The van der Waals surface area contributed by atoms with Crippen molar-refractivity contribution < 1.29 is 19.1 Å². The molecule has 1 aliphatic rings. The van der Waals surface area contributed by atoms with E-state index in [0.717, 1.165) is 37.5 Å². The topological polar surface area (TPSA) is 105 Å². The standard InChI is InChI=1S/C22H28N4O4S/c1-13-6-5-7-16(14(13)2)26-10-8-25(9-11-26)12-17(27)24-21-18(22(29)30-4)15(3)19(31-21)20(23)28/h5-7H,8-12H2,1-4H3,(H2,23,28)(H,24,27). The number of methoxy groups -OCH3 is 1. The molecule has 1 aromatic heterocycles. The fourth-order valence-corrected chi connectivity index (χ4v) is 4.84. The molecule has 0 atom stereocenters. The number of anilines is 2. The molecule has 3 N–H and O–H groups in total. The van der Waals surface area contributed by atoms with Crippen LogP contribution in [0.1, 0.15) is 36.7 Å². The van der Waals surface area contributed by atoms with Crippen LogP contribution in [-0.4, -0.2) is 62.5 Å². The van der Waals surface area contributed by atoms with Crippen LogP contribution >= 0.6 is 11.3 Å². The van der Waals surface area contributed by atoms with Crippen LogP contribution in [0.4, 0.5) is 10.7 Å². The Bertz CT molecular complexity index is 1010. The molecule has 0 radical (unpaired) electrons. The summed E-state index contributed by atoms with van der Waals surface area (Å²) in [5, 5.41) is 3.05. The van der Waals surface area contributed by atoms with E-state index in [2.05, 4.69) is 47.2 Å². The maximum absolute atomic E-state index is 12.7.